The number of hydrogen-bond donors (Lipinski definition) is 2. The molecule has 1 unspecified atom stereocenters. The average Bonchev–Trinajstić information content (AvgIpc) is 3.02. The number of ether oxygens (including phenoxy) is 1. The molecule has 0 radical (unpaired) electrons. The lowest BCUT2D eigenvalue weighted by molar-refractivity contribution is 0.132. The number of amides is 1. The standard InChI is InChI=1S/C33H31ClN6O5S/c1-21-13-14-25-26(10-4-12-29(25)40(46(2,43)44)24-9-3-7-22(34)19-24)30(21)45-31-27(11-5-16-35-31)28-15-17-36-32(38-28)37-23-8-6-18-39(20-23)33(41)42/h3-5,7,9-17,19,23H,6,8,18,20H2,1-2H3,(H,41,42)(H,36,37,38). The first-order valence-corrected chi connectivity index (χ1v) is 16.8. The highest BCUT2D eigenvalue weighted by atomic mass is 35.5. The van der Waals surface area contributed by atoms with Crippen molar-refractivity contribution in [3.63, 3.8) is 0 Å². The van der Waals surface area contributed by atoms with E-state index in [-0.39, 0.29) is 6.04 Å². The maximum Gasteiger partial charge on any atom is 0.407 e. The van der Waals surface area contributed by atoms with Crippen LogP contribution in [-0.4, -0.2) is 64.9 Å². The molecule has 6 rings (SSSR count). The number of anilines is 3. The van der Waals surface area contributed by atoms with E-state index in [9.17, 15) is 18.3 Å². The molecule has 1 aliphatic heterocycles. The van der Waals surface area contributed by atoms with Crippen molar-refractivity contribution >= 4 is 55.8 Å². The third kappa shape index (κ3) is 6.53. The van der Waals surface area contributed by atoms with Crippen molar-refractivity contribution in [2.75, 3.05) is 29.0 Å². The Kier molecular flexibility index (Phi) is 8.65. The van der Waals surface area contributed by atoms with E-state index in [0.29, 0.717) is 69.1 Å². The summed E-state index contributed by atoms with van der Waals surface area (Å²) in [4.78, 5) is 26.5. The van der Waals surface area contributed by atoms with Gasteiger partial charge in [0, 0.05) is 47.3 Å². The van der Waals surface area contributed by atoms with Crippen LogP contribution in [0.5, 0.6) is 11.6 Å². The molecule has 3 aromatic carbocycles. The third-order valence-corrected chi connectivity index (χ3v) is 9.01. The first-order chi connectivity index (χ1) is 22.1. The summed E-state index contributed by atoms with van der Waals surface area (Å²) in [6, 6.07) is 21.1. The third-order valence-electron chi connectivity index (χ3n) is 7.71. The van der Waals surface area contributed by atoms with Gasteiger partial charge in [-0.15, -0.1) is 0 Å². The number of hydrogen-bond acceptors (Lipinski definition) is 8. The molecule has 236 valence electrons. The van der Waals surface area contributed by atoms with E-state index in [2.05, 4.69) is 15.3 Å². The number of carboxylic acid groups (broad SMARTS) is 1. The number of benzene rings is 3. The number of piperidine rings is 1. The Balaban J connectivity index is 1.36. The molecule has 11 nitrogen and oxygen atoms in total. The largest absolute Gasteiger partial charge is 0.465 e. The quantitative estimate of drug-likeness (QED) is 0.179. The number of fused-ring (bicyclic) bond motifs is 1. The maximum absolute atomic E-state index is 13.1. The lowest BCUT2D eigenvalue weighted by Crippen LogP contribution is -2.44. The van der Waals surface area contributed by atoms with E-state index in [1.807, 2.05) is 31.2 Å². The highest BCUT2D eigenvalue weighted by molar-refractivity contribution is 7.92. The molecule has 2 N–H and O–H groups in total. The second-order valence-corrected chi connectivity index (χ2v) is 13.3. The zero-order chi connectivity index (χ0) is 32.4. The molecular formula is C33H31ClN6O5S. The number of rotatable bonds is 8. The molecule has 0 bridgehead atoms. The smallest absolute Gasteiger partial charge is 0.407 e. The molecule has 1 saturated heterocycles. The van der Waals surface area contributed by atoms with Crippen molar-refractivity contribution in [1.29, 1.82) is 0 Å². The Morgan fingerprint density at radius 1 is 1.04 bits per heavy atom. The maximum atomic E-state index is 13.1. The summed E-state index contributed by atoms with van der Waals surface area (Å²) in [5.74, 6) is 1.19. The van der Waals surface area contributed by atoms with Gasteiger partial charge in [-0.3, -0.25) is 0 Å². The summed E-state index contributed by atoms with van der Waals surface area (Å²) < 4.78 is 34.1. The lowest BCUT2D eigenvalue weighted by atomic mass is 10.0. The van der Waals surface area contributed by atoms with Gasteiger partial charge in [-0.25, -0.2) is 32.5 Å². The SMILES string of the molecule is Cc1ccc2c(N(c3cccc(Cl)c3)S(C)(=O)=O)cccc2c1Oc1ncccc1-c1ccnc(NC2CCCN(C(=O)O)C2)n1. The van der Waals surface area contributed by atoms with E-state index in [4.69, 9.17) is 21.3 Å². The average molecular weight is 659 g/mol. The number of sulfonamides is 1. The van der Waals surface area contributed by atoms with Crippen molar-refractivity contribution < 1.29 is 23.1 Å². The van der Waals surface area contributed by atoms with Crippen LogP contribution in [0.15, 0.2) is 85.2 Å². The van der Waals surface area contributed by atoms with E-state index < -0.39 is 16.1 Å². The number of nitrogens with one attached hydrogen (secondary N) is 1. The van der Waals surface area contributed by atoms with E-state index in [1.54, 1.807) is 60.9 Å². The lowest BCUT2D eigenvalue weighted by Gasteiger charge is -2.31. The fraction of sp³-hybridized carbons (Fsp3) is 0.212. The zero-order valence-electron chi connectivity index (χ0n) is 25.1. The highest BCUT2D eigenvalue weighted by Crippen LogP contribution is 2.42. The minimum Gasteiger partial charge on any atom is -0.465 e. The highest BCUT2D eigenvalue weighted by Gasteiger charge is 2.25. The molecular weight excluding hydrogens is 628 g/mol. The number of carbonyl (C=O) groups is 1. The second kappa shape index (κ2) is 12.8. The minimum absolute atomic E-state index is 0.115. The Labute approximate surface area is 271 Å². The fourth-order valence-corrected chi connectivity index (χ4v) is 6.84. The van der Waals surface area contributed by atoms with Gasteiger partial charge >= 0.3 is 6.09 Å². The fourth-order valence-electron chi connectivity index (χ4n) is 5.64. The minimum atomic E-state index is -3.76. The predicted molar refractivity (Wildman–Crippen MR) is 179 cm³/mol. The molecule has 1 atom stereocenters. The first-order valence-electron chi connectivity index (χ1n) is 14.6. The van der Waals surface area contributed by atoms with Gasteiger partial charge in [0.2, 0.25) is 21.9 Å². The Bertz CT molecular complexity index is 2040. The van der Waals surface area contributed by atoms with E-state index >= 15 is 0 Å². The molecule has 13 heteroatoms. The molecule has 0 aliphatic carbocycles. The van der Waals surface area contributed by atoms with Crippen LogP contribution < -0.4 is 14.4 Å². The number of aryl methyl sites for hydroxylation is 1. The van der Waals surface area contributed by atoms with Gasteiger partial charge in [-0.2, -0.15) is 0 Å². The van der Waals surface area contributed by atoms with Gasteiger partial charge in [0.25, 0.3) is 0 Å². The van der Waals surface area contributed by atoms with Crippen LogP contribution in [-0.2, 0) is 10.0 Å². The summed E-state index contributed by atoms with van der Waals surface area (Å²) >= 11 is 6.24. The Morgan fingerprint density at radius 3 is 2.65 bits per heavy atom. The van der Waals surface area contributed by atoms with Crippen molar-refractivity contribution in [3.05, 3.63) is 95.8 Å². The van der Waals surface area contributed by atoms with E-state index in [1.165, 1.54) is 9.21 Å². The summed E-state index contributed by atoms with van der Waals surface area (Å²) in [5, 5.41) is 14.4. The second-order valence-electron chi connectivity index (χ2n) is 11.0. The number of aromatic nitrogens is 3. The van der Waals surface area contributed by atoms with Crippen molar-refractivity contribution in [2.24, 2.45) is 0 Å². The first kappa shape index (κ1) is 31.1. The van der Waals surface area contributed by atoms with Gasteiger partial charge in [0.15, 0.2) is 0 Å². The molecule has 2 aromatic heterocycles. The zero-order valence-corrected chi connectivity index (χ0v) is 26.7. The number of nitrogens with zero attached hydrogens (tertiary/aromatic N) is 5. The Hall–Kier alpha value is -4.94. The van der Waals surface area contributed by atoms with Crippen LogP contribution in [0.25, 0.3) is 22.0 Å². The summed E-state index contributed by atoms with van der Waals surface area (Å²) in [6.07, 6.45) is 5.01. The van der Waals surface area contributed by atoms with Crippen LogP contribution in [0.3, 0.4) is 0 Å². The van der Waals surface area contributed by atoms with Crippen LogP contribution in [0.1, 0.15) is 18.4 Å². The van der Waals surface area contributed by atoms with Gasteiger partial charge in [0.1, 0.15) is 5.75 Å². The number of halogens is 1. The van der Waals surface area contributed by atoms with Crippen LogP contribution in [0, 0.1) is 6.92 Å². The summed E-state index contributed by atoms with van der Waals surface area (Å²) in [5.41, 5.74) is 2.86. The molecule has 46 heavy (non-hydrogen) atoms. The van der Waals surface area contributed by atoms with Gasteiger partial charge in [0.05, 0.1) is 28.9 Å². The van der Waals surface area contributed by atoms with E-state index in [0.717, 1.165) is 24.7 Å². The van der Waals surface area contributed by atoms with Crippen LogP contribution in [0.2, 0.25) is 5.02 Å². The summed E-state index contributed by atoms with van der Waals surface area (Å²) in [6.45, 7) is 2.76. The molecule has 1 fully saturated rings. The van der Waals surface area contributed by atoms with Crippen molar-refractivity contribution in [2.45, 2.75) is 25.8 Å². The monoisotopic (exact) mass is 658 g/mol. The van der Waals surface area contributed by atoms with Crippen LogP contribution in [0.4, 0.5) is 22.1 Å². The molecule has 0 saturated carbocycles. The molecule has 3 heterocycles. The van der Waals surface area contributed by atoms with Crippen molar-refractivity contribution in [3.8, 4) is 22.9 Å². The number of pyridine rings is 1. The van der Waals surface area contributed by atoms with Crippen LogP contribution >= 0.6 is 11.6 Å². The molecule has 1 aliphatic rings. The summed E-state index contributed by atoms with van der Waals surface area (Å²) in [7, 11) is -3.76. The Morgan fingerprint density at radius 2 is 1.87 bits per heavy atom. The molecule has 1 amide bonds. The van der Waals surface area contributed by atoms with Gasteiger partial charge in [-0.1, -0.05) is 41.9 Å². The topological polar surface area (TPSA) is 138 Å². The normalized spacial score (nSPS) is 15.0. The molecule has 5 aromatic rings. The molecule has 0 spiro atoms. The van der Waals surface area contributed by atoms with Gasteiger partial charge < -0.3 is 20.1 Å². The van der Waals surface area contributed by atoms with Gasteiger partial charge in [-0.05, 0) is 67.8 Å². The predicted octanol–water partition coefficient (Wildman–Crippen LogP) is 7.10. The van der Waals surface area contributed by atoms with Crippen molar-refractivity contribution in [1.82, 2.24) is 19.9 Å². The number of likely N-dealkylation sites (tertiary alicyclic amines) is 1.